The zero-order valence-corrected chi connectivity index (χ0v) is 14.3. The molecule has 0 unspecified atom stereocenters. The van der Waals surface area contributed by atoms with Gasteiger partial charge >= 0.3 is 0 Å². The molecule has 7 heteroatoms. The molecule has 0 aliphatic carbocycles. The number of hydrogen-bond donors (Lipinski definition) is 1. The first-order valence-corrected chi connectivity index (χ1v) is 8.48. The van der Waals surface area contributed by atoms with Gasteiger partial charge in [0, 0.05) is 5.41 Å². The number of nitrogens with one attached hydrogen (secondary N) is 1. The van der Waals surface area contributed by atoms with Gasteiger partial charge in [0.05, 0.1) is 34.6 Å². The van der Waals surface area contributed by atoms with E-state index < -0.39 is 10.0 Å². The van der Waals surface area contributed by atoms with Crippen molar-refractivity contribution in [1.29, 1.82) is 5.26 Å². The van der Waals surface area contributed by atoms with Crippen molar-refractivity contribution in [3.05, 3.63) is 47.5 Å². The Morgan fingerprint density at radius 2 is 1.78 bits per heavy atom. The topological polar surface area (TPSA) is 95.7 Å². The molecule has 0 aliphatic rings. The van der Waals surface area contributed by atoms with Crippen LogP contribution in [0, 0.1) is 18.3 Å². The number of sulfonamides is 1. The lowest BCUT2D eigenvalue weighted by molar-refractivity contribution is 0.545. The minimum atomic E-state index is -3.76. The van der Waals surface area contributed by atoms with Crippen LogP contribution < -0.4 is 4.72 Å². The summed E-state index contributed by atoms with van der Waals surface area (Å²) in [7, 11) is -3.76. The number of anilines is 1. The van der Waals surface area contributed by atoms with Crippen molar-refractivity contribution in [3.8, 4) is 6.07 Å². The largest absolute Gasteiger partial charge is 0.276 e. The molecule has 0 fully saturated rings. The molecule has 1 heterocycles. The van der Waals surface area contributed by atoms with E-state index >= 15 is 0 Å². The lowest BCUT2D eigenvalue weighted by Crippen LogP contribution is -2.18. The van der Waals surface area contributed by atoms with E-state index in [1.54, 1.807) is 6.92 Å². The summed E-state index contributed by atoms with van der Waals surface area (Å²) in [6, 6.07) is 6.41. The van der Waals surface area contributed by atoms with E-state index in [0.29, 0.717) is 22.6 Å². The minimum absolute atomic E-state index is 0.122. The second-order valence-corrected chi connectivity index (χ2v) is 7.89. The highest BCUT2D eigenvalue weighted by molar-refractivity contribution is 7.92. The van der Waals surface area contributed by atoms with Gasteiger partial charge in [-0.15, -0.1) is 0 Å². The van der Waals surface area contributed by atoms with Crippen molar-refractivity contribution in [3.63, 3.8) is 0 Å². The van der Waals surface area contributed by atoms with Gasteiger partial charge in [0.2, 0.25) is 0 Å². The number of benzene rings is 1. The average Bonchev–Trinajstić information content (AvgIpc) is 2.46. The van der Waals surface area contributed by atoms with E-state index in [0.717, 1.165) is 0 Å². The first-order valence-electron chi connectivity index (χ1n) is 6.99. The van der Waals surface area contributed by atoms with Crippen LogP contribution in [0.15, 0.2) is 35.5 Å². The van der Waals surface area contributed by atoms with Gasteiger partial charge in [-0.05, 0) is 30.7 Å². The summed E-state index contributed by atoms with van der Waals surface area (Å²) < 4.78 is 27.4. The van der Waals surface area contributed by atoms with Gasteiger partial charge in [-0.2, -0.15) is 5.26 Å². The number of rotatable bonds is 3. The summed E-state index contributed by atoms with van der Waals surface area (Å²) in [5.74, 6) is 0.634. The van der Waals surface area contributed by atoms with Gasteiger partial charge in [-0.25, -0.2) is 18.4 Å². The summed E-state index contributed by atoms with van der Waals surface area (Å²) >= 11 is 0. The molecule has 0 radical (unpaired) electrons. The molecule has 0 aliphatic heterocycles. The summed E-state index contributed by atoms with van der Waals surface area (Å²) in [5, 5.41) is 8.85. The molecule has 2 rings (SSSR count). The Bertz CT molecular complexity index is 860. The van der Waals surface area contributed by atoms with E-state index in [2.05, 4.69) is 14.7 Å². The van der Waals surface area contributed by atoms with E-state index in [4.69, 9.17) is 5.26 Å². The monoisotopic (exact) mass is 330 g/mol. The summed E-state index contributed by atoms with van der Waals surface area (Å²) in [6.07, 6.45) is 2.90. The van der Waals surface area contributed by atoms with Crippen LogP contribution in [-0.2, 0) is 15.4 Å². The Labute approximate surface area is 136 Å². The molecule has 1 aromatic carbocycles. The Kier molecular flexibility index (Phi) is 4.39. The number of nitriles is 1. The predicted octanol–water partition coefficient (Wildman–Crippen LogP) is 2.76. The number of aromatic nitrogens is 2. The van der Waals surface area contributed by atoms with Crippen molar-refractivity contribution < 1.29 is 8.42 Å². The lowest BCUT2D eigenvalue weighted by atomic mass is 9.96. The van der Waals surface area contributed by atoms with E-state index in [-0.39, 0.29) is 10.3 Å². The van der Waals surface area contributed by atoms with E-state index in [1.165, 1.54) is 30.6 Å². The van der Waals surface area contributed by atoms with Gasteiger partial charge in [-0.1, -0.05) is 20.8 Å². The molecule has 120 valence electrons. The van der Waals surface area contributed by atoms with Crippen LogP contribution in [0.1, 0.15) is 37.7 Å². The Hall–Kier alpha value is -2.46. The molecule has 0 saturated heterocycles. The molecule has 0 amide bonds. The van der Waals surface area contributed by atoms with Crippen LogP contribution >= 0.6 is 0 Å². The van der Waals surface area contributed by atoms with Crippen molar-refractivity contribution in [1.82, 2.24) is 9.97 Å². The summed E-state index contributed by atoms with van der Waals surface area (Å²) in [4.78, 5) is 8.51. The third kappa shape index (κ3) is 3.85. The van der Waals surface area contributed by atoms with Crippen LogP contribution in [0.25, 0.3) is 0 Å². The van der Waals surface area contributed by atoms with Crippen LogP contribution in [0.5, 0.6) is 0 Å². The normalized spacial score (nSPS) is 11.8. The fourth-order valence-electron chi connectivity index (χ4n) is 2.00. The minimum Gasteiger partial charge on any atom is -0.276 e. The zero-order chi connectivity index (χ0) is 17.3. The first-order chi connectivity index (χ1) is 10.6. The quantitative estimate of drug-likeness (QED) is 0.933. The van der Waals surface area contributed by atoms with Gasteiger partial charge in [0.1, 0.15) is 5.82 Å². The summed E-state index contributed by atoms with van der Waals surface area (Å²) in [6.45, 7) is 7.58. The van der Waals surface area contributed by atoms with Crippen molar-refractivity contribution >= 4 is 15.7 Å². The summed E-state index contributed by atoms with van der Waals surface area (Å²) in [5.41, 5.74) is 1.01. The predicted molar refractivity (Wildman–Crippen MR) is 87.4 cm³/mol. The highest BCUT2D eigenvalue weighted by Gasteiger charge is 2.20. The van der Waals surface area contributed by atoms with E-state index in [9.17, 15) is 8.42 Å². The van der Waals surface area contributed by atoms with Gasteiger partial charge in [0.25, 0.3) is 10.0 Å². The SMILES string of the molecule is Cc1cc(C#N)ccc1S(=O)(=O)Nc1cnc(C(C)(C)C)nc1. The molecule has 1 aromatic heterocycles. The zero-order valence-electron chi connectivity index (χ0n) is 13.5. The third-order valence-corrected chi connectivity index (χ3v) is 4.71. The Morgan fingerprint density at radius 3 is 2.26 bits per heavy atom. The van der Waals surface area contributed by atoms with Crippen LogP contribution in [0.3, 0.4) is 0 Å². The van der Waals surface area contributed by atoms with E-state index in [1.807, 2.05) is 26.8 Å². The van der Waals surface area contributed by atoms with Crippen molar-refractivity contribution in [2.24, 2.45) is 0 Å². The Morgan fingerprint density at radius 1 is 1.17 bits per heavy atom. The van der Waals surface area contributed by atoms with Crippen LogP contribution in [-0.4, -0.2) is 18.4 Å². The Balaban J connectivity index is 2.30. The molecule has 0 atom stereocenters. The fraction of sp³-hybridized carbons (Fsp3) is 0.312. The average molecular weight is 330 g/mol. The second-order valence-electron chi connectivity index (χ2n) is 6.24. The number of hydrogen-bond acceptors (Lipinski definition) is 5. The van der Waals surface area contributed by atoms with Gasteiger partial charge in [-0.3, -0.25) is 4.72 Å². The molecule has 0 saturated carbocycles. The van der Waals surface area contributed by atoms with Crippen molar-refractivity contribution in [2.75, 3.05) is 4.72 Å². The van der Waals surface area contributed by atoms with Gasteiger partial charge in [0.15, 0.2) is 0 Å². The molecular formula is C16H18N4O2S. The standard InChI is InChI=1S/C16H18N4O2S/c1-11-7-12(8-17)5-6-14(11)23(21,22)20-13-9-18-15(19-10-13)16(2,3)4/h5-7,9-10,20H,1-4H3. The molecule has 0 bridgehead atoms. The maximum absolute atomic E-state index is 12.5. The molecule has 0 spiro atoms. The molecular weight excluding hydrogens is 312 g/mol. The maximum atomic E-state index is 12.5. The van der Waals surface area contributed by atoms with Crippen LogP contribution in [0.2, 0.25) is 0 Å². The lowest BCUT2D eigenvalue weighted by Gasteiger charge is -2.16. The highest BCUT2D eigenvalue weighted by Crippen LogP contribution is 2.21. The third-order valence-electron chi connectivity index (χ3n) is 3.17. The highest BCUT2D eigenvalue weighted by atomic mass is 32.2. The molecule has 23 heavy (non-hydrogen) atoms. The molecule has 2 aromatic rings. The van der Waals surface area contributed by atoms with Gasteiger partial charge < -0.3 is 0 Å². The second kappa shape index (κ2) is 5.97. The van der Waals surface area contributed by atoms with Crippen LogP contribution in [0.4, 0.5) is 5.69 Å². The first kappa shape index (κ1) is 16.9. The maximum Gasteiger partial charge on any atom is 0.262 e. The molecule has 6 nitrogen and oxygen atoms in total. The molecule has 1 N–H and O–H groups in total. The fourth-order valence-corrected chi connectivity index (χ4v) is 3.25. The van der Waals surface area contributed by atoms with Crippen molar-refractivity contribution in [2.45, 2.75) is 38.0 Å². The number of nitrogens with zero attached hydrogens (tertiary/aromatic N) is 3. The number of aryl methyl sites for hydroxylation is 1. The smallest absolute Gasteiger partial charge is 0.262 e.